The van der Waals surface area contributed by atoms with E-state index >= 15 is 0 Å². The second kappa shape index (κ2) is 2.76. The Labute approximate surface area is 51.6 Å². The normalized spacial score (nSPS) is 10.2. The summed E-state index contributed by atoms with van der Waals surface area (Å²) in [5, 5.41) is 9.62. The number of hydrogen-bond donors (Lipinski definition) is 1. The first kappa shape index (κ1) is 5.68. The molecule has 0 amide bonds. The van der Waals surface area contributed by atoms with Crippen molar-refractivity contribution >= 4 is 12.4 Å². The van der Waals surface area contributed by atoms with Gasteiger partial charge in [0.05, 0.1) is 6.20 Å². The van der Waals surface area contributed by atoms with Crippen molar-refractivity contribution in [2.24, 2.45) is 0 Å². The van der Waals surface area contributed by atoms with Crippen molar-refractivity contribution in [2.75, 3.05) is 0 Å². The average molecular weight is 123 g/mol. The molecule has 0 aromatic carbocycles. The minimum atomic E-state index is 0.655. The molecule has 0 aliphatic carbocycles. The van der Waals surface area contributed by atoms with Gasteiger partial charge in [0.2, 0.25) is 0 Å². The highest BCUT2D eigenvalue weighted by Gasteiger charge is 1.83. The molecule has 0 unspecified atom stereocenters. The molecule has 4 heteroatoms. The van der Waals surface area contributed by atoms with Gasteiger partial charge in [0.15, 0.2) is 0 Å². The third-order valence-electron chi connectivity index (χ3n) is 0.779. The zero-order valence-corrected chi connectivity index (χ0v) is 4.61. The Hall–Kier alpha value is -1.45. The minimum Gasteiger partial charge on any atom is -0.299 e. The Bertz CT molecular complexity index is 202. The van der Waals surface area contributed by atoms with Gasteiger partial charge in [-0.3, -0.25) is 4.79 Å². The van der Waals surface area contributed by atoms with Crippen molar-refractivity contribution in [3.8, 4) is 0 Å². The smallest absolute Gasteiger partial charge is 0.142 e. The lowest BCUT2D eigenvalue weighted by Crippen LogP contribution is -1.70. The first-order chi connectivity index (χ1) is 4.43. The van der Waals surface area contributed by atoms with Gasteiger partial charge in [-0.25, -0.2) is 0 Å². The Balaban J connectivity index is 2.67. The van der Waals surface area contributed by atoms with E-state index < -0.39 is 0 Å². The van der Waals surface area contributed by atoms with E-state index in [4.69, 9.17) is 0 Å². The number of aldehydes is 1. The van der Waals surface area contributed by atoms with E-state index in [1.54, 1.807) is 6.08 Å². The molecule has 0 aliphatic heterocycles. The quantitative estimate of drug-likeness (QED) is 0.445. The number of nitrogens with zero attached hydrogens (tertiary/aromatic N) is 2. The molecular formula is C5H5N3O. The third-order valence-corrected chi connectivity index (χ3v) is 0.779. The van der Waals surface area contributed by atoms with E-state index in [1.165, 1.54) is 12.3 Å². The maximum absolute atomic E-state index is 9.75. The highest BCUT2D eigenvalue weighted by Crippen LogP contribution is 1.89. The van der Waals surface area contributed by atoms with E-state index in [9.17, 15) is 4.79 Å². The Morgan fingerprint density at radius 3 is 3.11 bits per heavy atom. The van der Waals surface area contributed by atoms with Gasteiger partial charge in [0.25, 0.3) is 0 Å². The second-order valence-electron chi connectivity index (χ2n) is 1.39. The van der Waals surface area contributed by atoms with Crippen LogP contribution in [-0.2, 0) is 4.79 Å². The Morgan fingerprint density at radius 1 is 1.67 bits per heavy atom. The van der Waals surface area contributed by atoms with E-state index in [0.717, 1.165) is 0 Å². The van der Waals surface area contributed by atoms with Gasteiger partial charge in [-0.1, -0.05) is 0 Å². The summed E-state index contributed by atoms with van der Waals surface area (Å²) in [7, 11) is 0. The summed E-state index contributed by atoms with van der Waals surface area (Å²) in [6.45, 7) is 0. The zero-order valence-electron chi connectivity index (χ0n) is 4.61. The van der Waals surface area contributed by atoms with Gasteiger partial charge in [-0.05, 0) is 12.2 Å². The molecule has 0 bridgehead atoms. The molecule has 0 saturated carbocycles. The van der Waals surface area contributed by atoms with E-state index in [0.29, 0.717) is 12.0 Å². The molecule has 0 atom stereocenters. The molecule has 0 spiro atoms. The summed E-state index contributed by atoms with van der Waals surface area (Å²) in [5.41, 5.74) is 0.655. The van der Waals surface area contributed by atoms with Gasteiger partial charge >= 0.3 is 0 Å². The lowest BCUT2D eigenvalue weighted by Gasteiger charge is -1.71. The van der Waals surface area contributed by atoms with Crippen molar-refractivity contribution in [2.45, 2.75) is 0 Å². The number of carbonyl (C=O) groups excluding carboxylic acids is 1. The van der Waals surface area contributed by atoms with Crippen LogP contribution in [0.25, 0.3) is 6.08 Å². The van der Waals surface area contributed by atoms with Crippen LogP contribution in [0.2, 0.25) is 0 Å². The van der Waals surface area contributed by atoms with Crippen LogP contribution in [0.4, 0.5) is 0 Å². The number of H-pyrrole nitrogens is 1. The average Bonchev–Trinajstić information content (AvgIpc) is 2.34. The molecule has 0 fully saturated rings. The first-order valence-electron chi connectivity index (χ1n) is 2.41. The fourth-order valence-electron chi connectivity index (χ4n) is 0.429. The third kappa shape index (κ3) is 1.49. The van der Waals surface area contributed by atoms with Crippen LogP contribution in [-0.4, -0.2) is 21.7 Å². The second-order valence-corrected chi connectivity index (χ2v) is 1.39. The number of rotatable bonds is 2. The molecule has 0 aliphatic rings. The molecular weight excluding hydrogens is 118 g/mol. The maximum atomic E-state index is 9.75. The molecule has 1 rings (SSSR count). The van der Waals surface area contributed by atoms with Crippen molar-refractivity contribution in [1.29, 1.82) is 0 Å². The van der Waals surface area contributed by atoms with E-state index in [-0.39, 0.29) is 0 Å². The van der Waals surface area contributed by atoms with E-state index in [1.807, 2.05) is 0 Å². The SMILES string of the molecule is O=CC=Cc1cn[nH]n1. The summed E-state index contributed by atoms with van der Waals surface area (Å²) in [6.07, 6.45) is 5.14. The molecule has 0 saturated heterocycles. The van der Waals surface area contributed by atoms with Crippen LogP contribution >= 0.6 is 0 Å². The Kier molecular flexibility index (Phi) is 1.74. The summed E-state index contributed by atoms with van der Waals surface area (Å²) in [6, 6.07) is 0. The van der Waals surface area contributed by atoms with Crippen LogP contribution in [0.15, 0.2) is 12.3 Å². The fourth-order valence-corrected chi connectivity index (χ4v) is 0.429. The molecule has 4 nitrogen and oxygen atoms in total. The molecule has 9 heavy (non-hydrogen) atoms. The van der Waals surface area contributed by atoms with Crippen molar-refractivity contribution in [1.82, 2.24) is 15.4 Å². The standard InChI is InChI=1S/C5H5N3O/c9-3-1-2-5-4-6-8-7-5/h1-4H,(H,6,7,8). The predicted molar refractivity (Wildman–Crippen MR) is 31.5 cm³/mol. The van der Waals surface area contributed by atoms with Gasteiger partial charge in [0, 0.05) is 0 Å². The van der Waals surface area contributed by atoms with Crippen LogP contribution in [0.5, 0.6) is 0 Å². The lowest BCUT2D eigenvalue weighted by molar-refractivity contribution is -0.104. The summed E-state index contributed by atoms with van der Waals surface area (Å²) in [4.78, 5) is 9.75. The highest BCUT2D eigenvalue weighted by atomic mass is 16.1. The predicted octanol–water partition coefficient (Wildman–Crippen LogP) is 0.0168. The topological polar surface area (TPSA) is 58.6 Å². The Morgan fingerprint density at radius 2 is 2.56 bits per heavy atom. The fraction of sp³-hybridized carbons (Fsp3) is 0. The molecule has 1 heterocycles. The molecule has 1 aromatic rings. The largest absolute Gasteiger partial charge is 0.299 e. The minimum absolute atomic E-state index is 0.655. The zero-order chi connectivity index (χ0) is 6.53. The van der Waals surface area contributed by atoms with Gasteiger partial charge in [-0.2, -0.15) is 15.4 Å². The number of aromatic amines is 1. The monoisotopic (exact) mass is 123 g/mol. The number of nitrogens with one attached hydrogen (secondary N) is 1. The molecule has 0 radical (unpaired) electrons. The maximum Gasteiger partial charge on any atom is 0.142 e. The molecule has 46 valence electrons. The molecule has 1 aromatic heterocycles. The number of allylic oxidation sites excluding steroid dienone is 1. The number of aromatic nitrogens is 3. The lowest BCUT2D eigenvalue weighted by atomic mass is 10.4. The summed E-state index contributed by atoms with van der Waals surface area (Å²) >= 11 is 0. The van der Waals surface area contributed by atoms with Crippen LogP contribution in [0.3, 0.4) is 0 Å². The number of hydrogen-bond acceptors (Lipinski definition) is 3. The molecule has 1 N–H and O–H groups in total. The summed E-state index contributed by atoms with van der Waals surface area (Å²) in [5.74, 6) is 0. The summed E-state index contributed by atoms with van der Waals surface area (Å²) < 4.78 is 0. The van der Waals surface area contributed by atoms with E-state index in [2.05, 4.69) is 15.4 Å². The highest BCUT2D eigenvalue weighted by molar-refractivity contribution is 5.72. The van der Waals surface area contributed by atoms with Crippen LogP contribution in [0.1, 0.15) is 5.69 Å². The van der Waals surface area contributed by atoms with Gasteiger partial charge in [0.1, 0.15) is 12.0 Å². The van der Waals surface area contributed by atoms with Crippen molar-refractivity contribution < 1.29 is 4.79 Å². The van der Waals surface area contributed by atoms with Crippen molar-refractivity contribution in [3.05, 3.63) is 18.0 Å². The first-order valence-corrected chi connectivity index (χ1v) is 2.41. The van der Waals surface area contributed by atoms with Gasteiger partial charge < -0.3 is 0 Å². The van der Waals surface area contributed by atoms with Crippen LogP contribution < -0.4 is 0 Å². The van der Waals surface area contributed by atoms with Crippen molar-refractivity contribution in [3.63, 3.8) is 0 Å². The van der Waals surface area contributed by atoms with Gasteiger partial charge in [-0.15, -0.1) is 0 Å². The number of carbonyl (C=O) groups is 1. The van der Waals surface area contributed by atoms with Crippen LogP contribution in [0, 0.1) is 0 Å².